The van der Waals surface area contributed by atoms with Gasteiger partial charge < -0.3 is 8.85 Å². The fraction of sp³-hybridized carbons (Fsp3) is 0.0500. The molecule has 0 aromatic heterocycles. The fourth-order valence-electron chi connectivity index (χ4n) is 2.42. The number of carbonyl (C=O) groups is 1. The molecule has 0 heterocycles. The Morgan fingerprint density at radius 2 is 1.48 bits per heavy atom. The molecule has 0 fully saturated rings. The molecule has 0 aliphatic carbocycles. The molecule has 0 saturated heterocycles. The molecule has 0 aliphatic rings. The van der Waals surface area contributed by atoms with Crippen LogP contribution < -0.4 is 8.85 Å². The molecule has 0 unspecified atom stereocenters. The Hall–Kier alpha value is -1.99. The molecule has 0 spiro atoms. The number of carbonyl (C=O) groups excluding carboxylic acids is 1. The molecule has 0 saturated carbocycles. The predicted octanol–water partition coefficient (Wildman–Crippen LogP) is 5.87. The van der Waals surface area contributed by atoms with E-state index in [9.17, 15) is 4.79 Å². The van der Waals surface area contributed by atoms with Gasteiger partial charge in [0, 0.05) is 39.3 Å². The Kier molecular flexibility index (Phi) is 5.99. The van der Waals surface area contributed by atoms with Crippen LogP contribution in [0.4, 0.5) is 11.4 Å². The van der Waals surface area contributed by atoms with E-state index in [1.807, 2.05) is 67.7 Å². The van der Waals surface area contributed by atoms with Crippen molar-refractivity contribution in [3.63, 3.8) is 0 Å². The van der Waals surface area contributed by atoms with Crippen molar-refractivity contribution in [3.8, 4) is 0 Å². The van der Waals surface area contributed by atoms with E-state index in [0.29, 0.717) is 11.1 Å². The minimum absolute atomic E-state index is 0.0151. The number of anilines is 2. The zero-order valence-corrected chi connectivity index (χ0v) is 16.6. The van der Waals surface area contributed by atoms with E-state index in [4.69, 9.17) is 0 Å². The molecular formula is C20H17IN2OS. The Bertz CT molecular complexity index is 844. The quantitative estimate of drug-likeness (QED) is 0.274. The first kappa shape index (κ1) is 17.8. The molecule has 25 heavy (non-hydrogen) atoms. The lowest BCUT2D eigenvalue weighted by molar-refractivity contribution is 0.103. The summed E-state index contributed by atoms with van der Waals surface area (Å²) in [5.41, 5.74) is 3.15. The molecule has 2 N–H and O–H groups in total. The minimum Gasteiger partial charge on any atom is -0.388 e. The van der Waals surface area contributed by atoms with Crippen LogP contribution in [0.1, 0.15) is 15.9 Å². The standard InChI is InChI=1S/C20H17IN2OS/c1-22-16-11-15(12-17(13-16)23-21)20(24)14-7-9-19(10-8-14)25-18-5-3-2-4-6-18/h2-13,22-23H,1H3. The van der Waals surface area contributed by atoms with E-state index < -0.39 is 0 Å². The molecule has 3 nitrogen and oxygen atoms in total. The SMILES string of the molecule is CNc1cc(NI)cc(C(=O)c2ccc(Sc3ccccc3)cc2)c1. The normalized spacial score (nSPS) is 10.3. The fourth-order valence-corrected chi connectivity index (χ4v) is 3.57. The predicted molar refractivity (Wildman–Crippen MR) is 114 cm³/mol. The summed E-state index contributed by atoms with van der Waals surface area (Å²) in [6.45, 7) is 0. The molecule has 3 aromatic rings. The van der Waals surface area contributed by atoms with E-state index in [1.54, 1.807) is 11.8 Å². The largest absolute Gasteiger partial charge is 0.388 e. The average Bonchev–Trinajstić information content (AvgIpc) is 2.68. The van der Waals surface area contributed by atoms with Crippen molar-refractivity contribution in [2.45, 2.75) is 9.79 Å². The van der Waals surface area contributed by atoms with Gasteiger partial charge in [0.05, 0.1) is 22.9 Å². The van der Waals surface area contributed by atoms with Crippen LogP contribution in [0.5, 0.6) is 0 Å². The van der Waals surface area contributed by atoms with E-state index in [0.717, 1.165) is 16.3 Å². The molecule has 5 heteroatoms. The van der Waals surface area contributed by atoms with Gasteiger partial charge in [0.25, 0.3) is 0 Å². The zero-order valence-electron chi connectivity index (χ0n) is 13.6. The van der Waals surface area contributed by atoms with Crippen molar-refractivity contribution in [1.29, 1.82) is 0 Å². The summed E-state index contributed by atoms with van der Waals surface area (Å²) < 4.78 is 3.06. The lowest BCUT2D eigenvalue weighted by Gasteiger charge is -2.09. The van der Waals surface area contributed by atoms with Crippen LogP contribution in [0.3, 0.4) is 0 Å². The second kappa shape index (κ2) is 8.40. The van der Waals surface area contributed by atoms with Gasteiger partial charge in [-0.05, 0) is 54.6 Å². The highest BCUT2D eigenvalue weighted by atomic mass is 127. The lowest BCUT2D eigenvalue weighted by Crippen LogP contribution is -2.03. The number of nitrogens with one attached hydrogen (secondary N) is 2. The van der Waals surface area contributed by atoms with Gasteiger partial charge in [0.1, 0.15) is 0 Å². The summed E-state index contributed by atoms with van der Waals surface area (Å²) in [7, 11) is 1.84. The lowest BCUT2D eigenvalue weighted by atomic mass is 10.0. The number of ketones is 1. The Labute approximate surface area is 165 Å². The molecular weight excluding hydrogens is 443 g/mol. The summed E-state index contributed by atoms with van der Waals surface area (Å²) >= 11 is 3.75. The molecule has 3 rings (SSSR count). The Morgan fingerprint density at radius 3 is 2.12 bits per heavy atom. The van der Waals surface area contributed by atoms with Crippen LogP contribution in [-0.4, -0.2) is 12.8 Å². The third kappa shape index (κ3) is 4.55. The van der Waals surface area contributed by atoms with Crippen molar-refractivity contribution in [2.24, 2.45) is 0 Å². The minimum atomic E-state index is 0.0151. The Morgan fingerprint density at radius 1 is 0.840 bits per heavy atom. The first-order valence-electron chi connectivity index (χ1n) is 7.77. The van der Waals surface area contributed by atoms with Crippen molar-refractivity contribution in [2.75, 3.05) is 15.9 Å². The zero-order chi connectivity index (χ0) is 17.6. The molecule has 0 amide bonds. The highest BCUT2D eigenvalue weighted by Gasteiger charge is 2.11. The number of hydrogen-bond acceptors (Lipinski definition) is 4. The molecule has 0 radical (unpaired) electrons. The van der Waals surface area contributed by atoms with Gasteiger partial charge in [-0.25, -0.2) is 0 Å². The monoisotopic (exact) mass is 460 g/mol. The molecule has 0 bridgehead atoms. The molecule has 0 aliphatic heterocycles. The van der Waals surface area contributed by atoms with Crippen molar-refractivity contribution < 1.29 is 4.79 Å². The second-order valence-electron chi connectivity index (χ2n) is 5.41. The van der Waals surface area contributed by atoms with Crippen LogP contribution in [0.2, 0.25) is 0 Å². The first-order valence-corrected chi connectivity index (χ1v) is 9.66. The van der Waals surface area contributed by atoms with Crippen LogP contribution >= 0.6 is 34.6 Å². The molecule has 0 atom stereocenters. The van der Waals surface area contributed by atoms with Crippen LogP contribution in [0.15, 0.2) is 82.6 Å². The number of hydrogen-bond donors (Lipinski definition) is 2. The van der Waals surface area contributed by atoms with Gasteiger partial charge in [-0.15, -0.1) is 0 Å². The van der Waals surface area contributed by atoms with E-state index >= 15 is 0 Å². The summed E-state index contributed by atoms with van der Waals surface area (Å²) in [6, 6.07) is 23.6. The number of rotatable bonds is 6. The molecule has 3 aromatic carbocycles. The van der Waals surface area contributed by atoms with Crippen molar-refractivity contribution in [1.82, 2.24) is 0 Å². The summed E-state index contributed by atoms with van der Waals surface area (Å²) in [5, 5.41) is 3.09. The van der Waals surface area contributed by atoms with Gasteiger partial charge >= 0.3 is 0 Å². The third-order valence-electron chi connectivity index (χ3n) is 3.69. The van der Waals surface area contributed by atoms with Gasteiger partial charge in [0.2, 0.25) is 0 Å². The topological polar surface area (TPSA) is 41.1 Å². The van der Waals surface area contributed by atoms with Crippen molar-refractivity contribution in [3.05, 3.63) is 83.9 Å². The van der Waals surface area contributed by atoms with E-state index in [-0.39, 0.29) is 5.78 Å². The van der Waals surface area contributed by atoms with Crippen molar-refractivity contribution >= 4 is 51.8 Å². The van der Waals surface area contributed by atoms with E-state index in [2.05, 4.69) is 43.8 Å². The highest BCUT2D eigenvalue weighted by Crippen LogP contribution is 2.28. The number of benzene rings is 3. The highest BCUT2D eigenvalue weighted by molar-refractivity contribution is 14.1. The number of halogens is 1. The maximum absolute atomic E-state index is 12.8. The second-order valence-corrected chi connectivity index (χ2v) is 7.10. The first-order chi connectivity index (χ1) is 12.2. The van der Waals surface area contributed by atoms with Crippen LogP contribution in [-0.2, 0) is 0 Å². The average molecular weight is 460 g/mol. The van der Waals surface area contributed by atoms with Gasteiger partial charge in [0.15, 0.2) is 5.78 Å². The van der Waals surface area contributed by atoms with Gasteiger partial charge in [-0.3, -0.25) is 4.79 Å². The van der Waals surface area contributed by atoms with Gasteiger partial charge in [-0.1, -0.05) is 30.0 Å². The van der Waals surface area contributed by atoms with Crippen LogP contribution in [0, 0.1) is 0 Å². The summed E-state index contributed by atoms with van der Waals surface area (Å²) in [6.07, 6.45) is 0. The summed E-state index contributed by atoms with van der Waals surface area (Å²) in [4.78, 5) is 15.1. The maximum Gasteiger partial charge on any atom is 0.193 e. The summed E-state index contributed by atoms with van der Waals surface area (Å²) in [5.74, 6) is 0.0151. The van der Waals surface area contributed by atoms with E-state index in [1.165, 1.54) is 4.90 Å². The smallest absolute Gasteiger partial charge is 0.193 e. The van der Waals surface area contributed by atoms with Gasteiger partial charge in [-0.2, -0.15) is 0 Å². The molecule has 126 valence electrons. The Balaban J connectivity index is 1.81. The van der Waals surface area contributed by atoms with Crippen LogP contribution in [0.25, 0.3) is 0 Å². The third-order valence-corrected chi connectivity index (χ3v) is 5.33. The maximum atomic E-state index is 12.8.